The number of hydrogen-bond acceptors (Lipinski definition) is 7. The summed E-state index contributed by atoms with van der Waals surface area (Å²) in [5.41, 5.74) is -1.16. The number of aromatic nitrogens is 1. The van der Waals surface area contributed by atoms with Crippen molar-refractivity contribution in [2.75, 3.05) is 26.3 Å². The Morgan fingerprint density at radius 2 is 2.09 bits per heavy atom. The lowest BCUT2D eigenvalue weighted by atomic mass is 10.1. The Hall–Kier alpha value is -2.45. The molecule has 1 aliphatic rings. The third-order valence-electron chi connectivity index (χ3n) is 3.53. The number of pyridine rings is 1. The largest absolute Gasteiger partial charge is 0.506 e. The maximum atomic E-state index is 11.5. The first-order valence-corrected chi connectivity index (χ1v) is 6.74. The average molecular weight is 306 g/mol. The van der Waals surface area contributed by atoms with Crippen LogP contribution in [0.3, 0.4) is 0 Å². The van der Waals surface area contributed by atoms with Crippen molar-refractivity contribution in [2.24, 2.45) is 0 Å². The molecular formula is C14H14N2O6. The third kappa shape index (κ3) is 2.66. The van der Waals surface area contributed by atoms with Crippen LogP contribution in [0.15, 0.2) is 21.5 Å². The second-order valence-electron chi connectivity index (χ2n) is 4.98. The molecule has 0 amide bonds. The molecule has 116 valence electrons. The molecule has 1 aliphatic heterocycles. The van der Waals surface area contributed by atoms with E-state index in [1.807, 2.05) is 0 Å². The molecule has 0 aliphatic carbocycles. The van der Waals surface area contributed by atoms with Gasteiger partial charge in [-0.1, -0.05) is 0 Å². The normalized spacial score (nSPS) is 16.0. The van der Waals surface area contributed by atoms with E-state index in [-0.39, 0.29) is 11.0 Å². The molecule has 22 heavy (non-hydrogen) atoms. The average Bonchev–Trinajstić information content (AvgIpc) is 2.49. The first kappa shape index (κ1) is 14.5. The number of hydrogen-bond donors (Lipinski definition) is 2. The summed E-state index contributed by atoms with van der Waals surface area (Å²) in [7, 11) is 0. The lowest BCUT2D eigenvalue weighted by Gasteiger charge is -2.26. The first-order valence-electron chi connectivity index (χ1n) is 6.74. The van der Waals surface area contributed by atoms with Crippen LogP contribution in [0, 0.1) is 0 Å². The molecule has 2 aromatic heterocycles. The fraction of sp³-hybridized carbons (Fsp3) is 0.357. The zero-order valence-corrected chi connectivity index (χ0v) is 11.6. The van der Waals surface area contributed by atoms with Gasteiger partial charge in [0.05, 0.1) is 30.5 Å². The Morgan fingerprint density at radius 1 is 1.36 bits per heavy atom. The fourth-order valence-electron chi connectivity index (χ4n) is 2.40. The SMILES string of the molecule is O=C(O)c1c(O)c2cc(CN3CCOCC3)ncc2oc1=O. The second kappa shape index (κ2) is 5.74. The van der Waals surface area contributed by atoms with E-state index in [0.29, 0.717) is 25.5 Å². The quantitative estimate of drug-likeness (QED) is 0.839. The molecule has 8 heteroatoms. The molecule has 2 N–H and O–H groups in total. The number of fused-ring (bicyclic) bond motifs is 1. The summed E-state index contributed by atoms with van der Waals surface area (Å²) in [5, 5.41) is 19.2. The Morgan fingerprint density at radius 3 is 2.77 bits per heavy atom. The van der Waals surface area contributed by atoms with Gasteiger partial charge in [0.15, 0.2) is 11.1 Å². The fourth-order valence-corrected chi connectivity index (χ4v) is 2.40. The summed E-state index contributed by atoms with van der Waals surface area (Å²) in [4.78, 5) is 28.9. The van der Waals surface area contributed by atoms with E-state index in [9.17, 15) is 14.7 Å². The van der Waals surface area contributed by atoms with Crippen LogP contribution in [0.1, 0.15) is 16.1 Å². The van der Waals surface area contributed by atoms with E-state index in [0.717, 1.165) is 13.1 Å². The van der Waals surface area contributed by atoms with Gasteiger partial charge in [-0.15, -0.1) is 0 Å². The molecule has 0 radical (unpaired) electrons. The van der Waals surface area contributed by atoms with Gasteiger partial charge in [-0.25, -0.2) is 9.59 Å². The van der Waals surface area contributed by atoms with Crippen molar-refractivity contribution < 1.29 is 24.2 Å². The minimum absolute atomic E-state index is 0.0539. The number of aromatic hydroxyl groups is 1. The number of nitrogens with zero attached hydrogens (tertiary/aromatic N) is 2. The van der Waals surface area contributed by atoms with Crippen molar-refractivity contribution in [3.05, 3.63) is 33.9 Å². The monoisotopic (exact) mass is 306 g/mol. The molecule has 2 aromatic rings. The minimum atomic E-state index is -1.53. The van der Waals surface area contributed by atoms with Crippen molar-refractivity contribution in [1.29, 1.82) is 0 Å². The molecule has 3 rings (SSSR count). The standard InChI is InChI=1S/C14H14N2O6/c17-12-9-5-8(7-16-1-3-21-4-2-16)15-6-10(9)22-14(20)11(12)13(18)19/h5-6,17H,1-4,7H2,(H,18,19). The van der Waals surface area contributed by atoms with Gasteiger partial charge < -0.3 is 19.4 Å². The molecule has 0 spiro atoms. The Labute approximate surface area is 124 Å². The van der Waals surface area contributed by atoms with Crippen LogP contribution in [0.25, 0.3) is 11.0 Å². The molecule has 0 saturated carbocycles. The number of carboxylic acids is 1. The van der Waals surface area contributed by atoms with Gasteiger partial charge in [-0.05, 0) is 6.07 Å². The zero-order valence-electron chi connectivity index (χ0n) is 11.6. The van der Waals surface area contributed by atoms with Gasteiger partial charge in [-0.3, -0.25) is 9.88 Å². The Balaban J connectivity index is 2.01. The maximum absolute atomic E-state index is 11.5. The number of carbonyl (C=O) groups is 1. The molecule has 0 atom stereocenters. The van der Waals surface area contributed by atoms with Crippen molar-refractivity contribution in [1.82, 2.24) is 9.88 Å². The molecule has 1 fully saturated rings. The molecular weight excluding hydrogens is 292 g/mol. The number of ether oxygens (including phenoxy) is 1. The number of aromatic carboxylic acids is 1. The van der Waals surface area contributed by atoms with Crippen LogP contribution in [0.4, 0.5) is 0 Å². The highest BCUT2D eigenvalue weighted by atomic mass is 16.5. The molecule has 0 aromatic carbocycles. The summed E-state index contributed by atoms with van der Waals surface area (Å²) < 4.78 is 10.2. The Kier molecular flexibility index (Phi) is 3.78. The van der Waals surface area contributed by atoms with E-state index < -0.39 is 22.9 Å². The van der Waals surface area contributed by atoms with E-state index in [1.54, 1.807) is 0 Å². The van der Waals surface area contributed by atoms with Crippen molar-refractivity contribution >= 4 is 16.9 Å². The summed E-state index contributed by atoms with van der Waals surface area (Å²) in [5.74, 6) is -2.12. The van der Waals surface area contributed by atoms with E-state index in [2.05, 4.69) is 9.88 Å². The molecule has 8 nitrogen and oxygen atoms in total. The zero-order chi connectivity index (χ0) is 15.7. The van der Waals surface area contributed by atoms with Gasteiger partial charge in [0.25, 0.3) is 0 Å². The summed E-state index contributed by atoms with van der Waals surface area (Å²) in [6.07, 6.45) is 1.32. The maximum Gasteiger partial charge on any atom is 0.354 e. The highest BCUT2D eigenvalue weighted by Crippen LogP contribution is 2.26. The van der Waals surface area contributed by atoms with Gasteiger partial charge in [0.2, 0.25) is 0 Å². The van der Waals surface area contributed by atoms with Gasteiger partial charge >= 0.3 is 11.6 Å². The van der Waals surface area contributed by atoms with Crippen molar-refractivity contribution in [2.45, 2.75) is 6.54 Å². The van der Waals surface area contributed by atoms with Crippen LogP contribution in [-0.4, -0.2) is 52.4 Å². The number of rotatable bonds is 3. The molecule has 1 saturated heterocycles. The molecule has 3 heterocycles. The van der Waals surface area contributed by atoms with Crippen LogP contribution >= 0.6 is 0 Å². The lowest BCUT2D eigenvalue weighted by Crippen LogP contribution is -2.35. The van der Waals surface area contributed by atoms with E-state index in [4.69, 9.17) is 14.3 Å². The summed E-state index contributed by atoms with van der Waals surface area (Å²) in [6.45, 7) is 3.39. The molecule has 0 bridgehead atoms. The van der Waals surface area contributed by atoms with Crippen LogP contribution < -0.4 is 5.63 Å². The van der Waals surface area contributed by atoms with Crippen LogP contribution in [-0.2, 0) is 11.3 Å². The highest BCUT2D eigenvalue weighted by Gasteiger charge is 2.21. The predicted molar refractivity (Wildman–Crippen MR) is 75.0 cm³/mol. The number of morpholine rings is 1. The minimum Gasteiger partial charge on any atom is -0.506 e. The summed E-state index contributed by atoms with van der Waals surface area (Å²) >= 11 is 0. The van der Waals surface area contributed by atoms with Crippen molar-refractivity contribution in [3.8, 4) is 5.75 Å². The topological polar surface area (TPSA) is 113 Å². The van der Waals surface area contributed by atoms with Crippen molar-refractivity contribution in [3.63, 3.8) is 0 Å². The van der Waals surface area contributed by atoms with Gasteiger partial charge in [0, 0.05) is 19.6 Å². The third-order valence-corrected chi connectivity index (χ3v) is 3.53. The smallest absolute Gasteiger partial charge is 0.354 e. The first-order chi connectivity index (χ1) is 10.6. The predicted octanol–water partition coefficient (Wildman–Crippen LogP) is 0.424. The van der Waals surface area contributed by atoms with Gasteiger partial charge in [0.1, 0.15) is 5.75 Å². The second-order valence-corrected chi connectivity index (χ2v) is 4.98. The number of carboxylic acid groups (broad SMARTS) is 1. The summed E-state index contributed by atoms with van der Waals surface area (Å²) in [6, 6.07) is 1.54. The van der Waals surface area contributed by atoms with Crippen LogP contribution in [0.2, 0.25) is 0 Å². The van der Waals surface area contributed by atoms with Gasteiger partial charge in [-0.2, -0.15) is 0 Å². The van der Waals surface area contributed by atoms with Crippen LogP contribution in [0.5, 0.6) is 5.75 Å². The highest BCUT2D eigenvalue weighted by molar-refractivity contribution is 5.97. The Bertz CT molecular complexity index is 779. The van der Waals surface area contributed by atoms with E-state index >= 15 is 0 Å². The lowest BCUT2D eigenvalue weighted by molar-refractivity contribution is 0.0336. The van der Waals surface area contributed by atoms with E-state index in [1.165, 1.54) is 12.3 Å². The molecule has 0 unspecified atom stereocenters.